The predicted molar refractivity (Wildman–Crippen MR) is 149 cm³/mol. The van der Waals surface area contributed by atoms with E-state index in [1.807, 2.05) is 24.3 Å². The molecule has 8 nitrogen and oxygen atoms in total. The van der Waals surface area contributed by atoms with Crippen molar-refractivity contribution in [3.05, 3.63) is 83.4 Å². The molecule has 0 fully saturated rings. The number of hydrogen-bond donors (Lipinski definition) is 1. The molecule has 196 valence electrons. The molecular weight excluding hydrogens is 512 g/mol. The fraction of sp³-hybridized carbons (Fsp3) is 0.259. The highest BCUT2D eigenvalue weighted by atomic mass is 35.5. The number of carbonyl (C=O) groups excluding carboxylic acids is 1. The number of para-hydroxylation sites is 2. The number of benzene rings is 3. The van der Waals surface area contributed by atoms with E-state index in [-0.39, 0.29) is 10.6 Å². The van der Waals surface area contributed by atoms with E-state index >= 15 is 0 Å². The number of halogens is 1. The standard InChI is InChI=1S/C27H31ClN4O4S/c1-4-31(5-2)23-15-11-21(12-16-23)19-29-30-27(33)20-32(25-9-7-8-10-26(25)36-6-3)37(34,35)24-17-13-22(28)14-18-24/h7-19H,4-6,20H2,1-3H3,(H,30,33)/b29-19-. The van der Waals surface area contributed by atoms with Crippen LogP contribution in [0.2, 0.25) is 5.02 Å². The monoisotopic (exact) mass is 542 g/mol. The van der Waals surface area contributed by atoms with Crippen molar-refractivity contribution in [3.8, 4) is 5.75 Å². The van der Waals surface area contributed by atoms with Crippen LogP contribution in [-0.2, 0) is 14.8 Å². The van der Waals surface area contributed by atoms with Crippen molar-refractivity contribution in [3.63, 3.8) is 0 Å². The van der Waals surface area contributed by atoms with Crippen LogP contribution < -0.4 is 19.4 Å². The largest absolute Gasteiger partial charge is 0.492 e. The average molecular weight is 543 g/mol. The SMILES string of the molecule is CCOc1ccccc1N(CC(=O)N/N=C\c1ccc(N(CC)CC)cc1)S(=O)(=O)c1ccc(Cl)cc1. The number of nitrogens with one attached hydrogen (secondary N) is 1. The van der Waals surface area contributed by atoms with E-state index in [1.54, 1.807) is 31.2 Å². The van der Waals surface area contributed by atoms with Crippen LogP contribution in [0, 0.1) is 0 Å². The van der Waals surface area contributed by atoms with E-state index in [2.05, 4.69) is 29.3 Å². The Balaban J connectivity index is 1.82. The van der Waals surface area contributed by atoms with Gasteiger partial charge in [-0.05, 0) is 74.9 Å². The Kier molecular flexibility index (Phi) is 9.93. The summed E-state index contributed by atoms with van der Waals surface area (Å²) < 4.78 is 33.8. The summed E-state index contributed by atoms with van der Waals surface area (Å²) in [5.74, 6) is -0.271. The summed E-state index contributed by atoms with van der Waals surface area (Å²) in [7, 11) is -4.12. The summed E-state index contributed by atoms with van der Waals surface area (Å²) in [6.07, 6.45) is 1.51. The Morgan fingerprint density at radius 1 is 0.973 bits per heavy atom. The van der Waals surface area contributed by atoms with Crippen LogP contribution >= 0.6 is 11.6 Å². The molecule has 3 rings (SSSR count). The number of anilines is 2. The van der Waals surface area contributed by atoms with Gasteiger partial charge in [0.15, 0.2) is 0 Å². The number of ether oxygens (including phenoxy) is 1. The fourth-order valence-electron chi connectivity index (χ4n) is 3.68. The van der Waals surface area contributed by atoms with Gasteiger partial charge in [-0.2, -0.15) is 5.10 Å². The Bertz CT molecular complexity index is 1310. The van der Waals surface area contributed by atoms with Crippen molar-refractivity contribution >= 4 is 45.1 Å². The number of nitrogens with zero attached hydrogens (tertiary/aromatic N) is 3. The van der Waals surface area contributed by atoms with E-state index in [4.69, 9.17) is 16.3 Å². The minimum Gasteiger partial charge on any atom is -0.492 e. The van der Waals surface area contributed by atoms with Crippen LogP contribution in [0.4, 0.5) is 11.4 Å². The van der Waals surface area contributed by atoms with Gasteiger partial charge in [0.1, 0.15) is 12.3 Å². The lowest BCUT2D eigenvalue weighted by Crippen LogP contribution is -2.39. The molecule has 0 unspecified atom stereocenters. The number of rotatable bonds is 12. The summed E-state index contributed by atoms with van der Waals surface area (Å²) in [6, 6.07) is 20.2. The zero-order valence-corrected chi connectivity index (χ0v) is 22.7. The van der Waals surface area contributed by atoms with Gasteiger partial charge in [-0.3, -0.25) is 9.10 Å². The molecule has 0 aliphatic rings. The number of hydrazone groups is 1. The summed E-state index contributed by atoms with van der Waals surface area (Å²) in [6.45, 7) is 7.62. The average Bonchev–Trinajstić information content (AvgIpc) is 2.90. The van der Waals surface area contributed by atoms with Gasteiger partial charge >= 0.3 is 0 Å². The molecule has 10 heteroatoms. The Morgan fingerprint density at radius 2 is 1.62 bits per heavy atom. The highest BCUT2D eigenvalue weighted by Crippen LogP contribution is 2.32. The lowest BCUT2D eigenvalue weighted by Gasteiger charge is -2.25. The molecule has 37 heavy (non-hydrogen) atoms. The van der Waals surface area contributed by atoms with Gasteiger partial charge < -0.3 is 9.64 Å². The summed E-state index contributed by atoms with van der Waals surface area (Å²) in [4.78, 5) is 15.1. The van der Waals surface area contributed by atoms with Gasteiger partial charge in [0.25, 0.3) is 15.9 Å². The fourth-order valence-corrected chi connectivity index (χ4v) is 5.24. The van der Waals surface area contributed by atoms with E-state index in [0.29, 0.717) is 17.4 Å². The normalized spacial score (nSPS) is 11.4. The zero-order valence-electron chi connectivity index (χ0n) is 21.1. The molecule has 0 spiro atoms. The van der Waals surface area contributed by atoms with Gasteiger partial charge in [-0.15, -0.1) is 0 Å². The van der Waals surface area contributed by atoms with Crippen LogP contribution in [0.3, 0.4) is 0 Å². The molecule has 0 aliphatic heterocycles. The molecule has 0 bridgehead atoms. The third-order valence-electron chi connectivity index (χ3n) is 5.55. The molecule has 0 aromatic heterocycles. The van der Waals surface area contributed by atoms with E-state index in [0.717, 1.165) is 28.6 Å². The van der Waals surface area contributed by atoms with Crippen molar-refractivity contribution in [2.45, 2.75) is 25.7 Å². The van der Waals surface area contributed by atoms with E-state index in [9.17, 15) is 13.2 Å². The first kappa shape index (κ1) is 28.0. The quantitative estimate of drug-likeness (QED) is 0.259. The second-order valence-corrected chi connectivity index (χ2v) is 10.2. The second kappa shape index (κ2) is 13.1. The van der Waals surface area contributed by atoms with Gasteiger partial charge in [-0.25, -0.2) is 13.8 Å². The molecule has 0 aliphatic carbocycles. The highest BCUT2D eigenvalue weighted by molar-refractivity contribution is 7.92. The Labute approximate surface area is 223 Å². The van der Waals surface area contributed by atoms with E-state index in [1.165, 1.54) is 30.5 Å². The summed E-state index contributed by atoms with van der Waals surface area (Å²) in [5, 5.41) is 4.42. The predicted octanol–water partition coefficient (Wildman–Crippen LogP) is 4.93. The zero-order chi connectivity index (χ0) is 26.8. The number of hydrogen-bond acceptors (Lipinski definition) is 6. The minimum atomic E-state index is -4.12. The third-order valence-corrected chi connectivity index (χ3v) is 7.57. The van der Waals surface area contributed by atoms with Crippen LogP contribution in [0.25, 0.3) is 0 Å². The van der Waals surface area contributed by atoms with Crippen LogP contribution in [0.1, 0.15) is 26.3 Å². The molecule has 0 heterocycles. The molecule has 0 radical (unpaired) electrons. The van der Waals surface area contributed by atoms with E-state index < -0.39 is 22.5 Å². The van der Waals surface area contributed by atoms with Gasteiger partial charge in [0.2, 0.25) is 0 Å². The molecule has 0 saturated heterocycles. The smallest absolute Gasteiger partial charge is 0.264 e. The van der Waals surface area contributed by atoms with Crippen molar-refractivity contribution in [1.82, 2.24) is 5.43 Å². The first-order valence-corrected chi connectivity index (χ1v) is 13.8. The highest BCUT2D eigenvalue weighted by Gasteiger charge is 2.29. The summed E-state index contributed by atoms with van der Waals surface area (Å²) in [5.41, 5.74) is 4.56. The maximum atomic E-state index is 13.6. The van der Waals surface area contributed by atoms with Crippen LogP contribution in [0.15, 0.2) is 82.8 Å². The maximum absolute atomic E-state index is 13.6. The number of amides is 1. The first-order chi connectivity index (χ1) is 17.8. The lowest BCUT2D eigenvalue weighted by atomic mass is 10.2. The first-order valence-electron chi connectivity index (χ1n) is 12.0. The van der Waals surface area contributed by atoms with Crippen molar-refractivity contribution in [2.24, 2.45) is 5.10 Å². The maximum Gasteiger partial charge on any atom is 0.264 e. The lowest BCUT2D eigenvalue weighted by molar-refractivity contribution is -0.119. The van der Waals surface area contributed by atoms with Gasteiger partial charge in [0, 0.05) is 23.8 Å². The third kappa shape index (κ3) is 7.24. The van der Waals surface area contributed by atoms with Crippen molar-refractivity contribution in [2.75, 3.05) is 35.4 Å². The van der Waals surface area contributed by atoms with Gasteiger partial charge in [-0.1, -0.05) is 35.9 Å². The molecular formula is C27H31ClN4O4S. The summed E-state index contributed by atoms with van der Waals surface area (Å²) >= 11 is 5.94. The Hall–Kier alpha value is -3.56. The van der Waals surface area contributed by atoms with Gasteiger partial charge in [0.05, 0.1) is 23.4 Å². The Morgan fingerprint density at radius 3 is 2.24 bits per heavy atom. The molecule has 0 atom stereocenters. The number of carbonyl (C=O) groups is 1. The topological polar surface area (TPSA) is 91.3 Å². The molecule has 1 N–H and O–H groups in total. The molecule has 3 aromatic rings. The molecule has 0 saturated carbocycles. The minimum absolute atomic E-state index is 0.00667. The molecule has 1 amide bonds. The van der Waals surface area contributed by atoms with Crippen LogP contribution in [-0.4, -0.2) is 46.8 Å². The van der Waals surface area contributed by atoms with Crippen LogP contribution in [0.5, 0.6) is 5.75 Å². The second-order valence-electron chi connectivity index (χ2n) is 7.92. The number of sulfonamides is 1. The van der Waals surface area contributed by atoms with Crippen molar-refractivity contribution in [1.29, 1.82) is 0 Å². The van der Waals surface area contributed by atoms with Crippen molar-refractivity contribution < 1.29 is 17.9 Å². The molecule has 3 aromatic carbocycles.